The summed E-state index contributed by atoms with van der Waals surface area (Å²) in [6, 6.07) is 13.5. The first kappa shape index (κ1) is 21.4. The molecule has 0 bridgehead atoms. The summed E-state index contributed by atoms with van der Waals surface area (Å²) in [5.41, 5.74) is 2.38. The van der Waals surface area contributed by atoms with E-state index in [4.69, 9.17) is 16.6 Å². The summed E-state index contributed by atoms with van der Waals surface area (Å²) < 4.78 is 2.61. The van der Waals surface area contributed by atoms with E-state index >= 15 is 0 Å². The molecule has 0 radical (unpaired) electrons. The van der Waals surface area contributed by atoms with Crippen LogP contribution >= 0.6 is 38.9 Å². The molecule has 1 unspecified atom stereocenters. The number of carbonyl (C=O) groups is 1. The Labute approximate surface area is 203 Å². The Morgan fingerprint density at radius 1 is 1.28 bits per heavy atom. The molecule has 3 aromatic heterocycles. The van der Waals surface area contributed by atoms with Gasteiger partial charge in [0.2, 0.25) is 0 Å². The van der Waals surface area contributed by atoms with Crippen LogP contribution in [0.15, 0.2) is 58.5 Å². The van der Waals surface area contributed by atoms with Gasteiger partial charge in [-0.2, -0.15) is 9.61 Å². The van der Waals surface area contributed by atoms with Crippen molar-refractivity contribution in [1.29, 1.82) is 0 Å². The van der Waals surface area contributed by atoms with Crippen LogP contribution in [0, 0.1) is 5.92 Å². The molecule has 1 amide bonds. The van der Waals surface area contributed by atoms with E-state index in [9.17, 15) is 4.79 Å². The summed E-state index contributed by atoms with van der Waals surface area (Å²) >= 11 is 11.5. The van der Waals surface area contributed by atoms with Gasteiger partial charge in [0.15, 0.2) is 5.65 Å². The fourth-order valence-electron chi connectivity index (χ4n) is 4.09. The molecule has 9 heteroatoms. The van der Waals surface area contributed by atoms with Crippen molar-refractivity contribution >= 4 is 56.2 Å². The van der Waals surface area contributed by atoms with Crippen LogP contribution in [0.3, 0.4) is 0 Å². The van der Waals surface area contributed by atoms with Crippen LogP contribution in [0.5, 0.6) is 0 Å². The van der Waals surface area contributed by atoms with Crippen LogP contribution in [0.25, 0.3) is 16.9 Å². The highest BCUT2D eigenvalue weighted by Crippen LogP contribution is 2.30. The zero-order valence-electron chi connectivity index (χ0n) is 17.2. The third-order valence-corrected chi connectivity index (χ3v) is 7.44. The second-order valence-electron chi connectivity index (χ2n) is 7.85. The third kappa shape index (κ3) is 4.27. The summed E-state index contributed by atoms with van der Waals surface area (Å²) in [6.07, 6.45) is 3.83. The summed E-state index contributed by atoms with van der Waals surface area (Å²) in [7, 11) is 0. The maximum absolute atomic E-state index is 12.8. The van der Waals surface area contributed by atoms with Crippen molar-refractivity contribution < 1.29 is 4.79 Å². The normalized spacial score (nSPS) is 16.4. The quantitative estimate of drug-likeness (QED) is 0.352. The van der Waals surface area contributed by atoms with Gasteiger partial charge in [-0.1, -0.05) is 35.9 Å². The standard InChI is InChI=1S/C23H21BrClN5OS/c24-17-13-27-30-21(11-19(28-22(17)30)16-6-1-2-7-18(16)25)26-12-15-5-3-9-29(14-15)23(31)20-8-4-10-32-20/h1-2,4,6-8,10-11,13,15,26H,3,5,9,12,14H2. The lowest BCUT2D eigenvalue weighted by Crippen LogP contribution is -2.41. The average Bonchev–Trinajstić information content (AvgIpc) is 3.48. The predicted octanol–water partition coefficient (Wildman–Crippen LogP) is 5.84. The predicted molar refractivity (Wildman–Crippen MR) is 133 cm³/mol. The maximum atomic E-state index is 12.8. The first-order chi connectivity index (χ1) is 15.6. The molecule has 1 aliphatic rings. The molecule has 1 atom stereocenters. The number of rotatable bonds is 5. The number of likely N-dealkylation sites (tertiary alicyclic amines) is 1. The fourth-order valence-corrected chi connectivity index (χ4v) is 5.36. The number of hydrogen-bond acceptors (Lipinski definition) is 5. The Morgan fingerprint density at radius 2 is 2.16 bits per heavy atom. The Balaban J connectivity index is 1.37. The number of amides is 1. The summed E-state index contributed by atoms with van der Waals surface area (Å²) in [5.74, 6) is 1.34. The van der Waals surface area contributed by atoms with E-state index in [1.165, 1.54) is 11.3 Å². The number of nitrogens with zero attached hydrogens (tertiary/aromatic N) is 4. The van der Waals surface area contributed by atoms with Gasteiger partial charge in [0.1, 0.15) is 5.82 Å². The molecule has 1 saturated heterocycles. The Morgan fingerprint density at radius 3 is 2.97 bits per heavy atom. The molecule has 4 heterocycles. The molecular weight excluding hydrogens is 510 g/mol. The van der Waals surface area contributed by atoms with Gasteiger partial charge in [0.25, 0.3) is 5.91 Å². The van der Waals surface area contributed by atoms with Gasteiger partial charge in [-0.25, -0.2) is 4.98 Å². The van der Waals surface area contributed by atoms with Gasteiger partial charge in [-0.3, -0.25) is 4.79 Å². The summed E-state index contributed by atoms with van der Waals surface area (Å²) in [5, 5.41) is 10.6. The number of hydrogen-bond donors (Lipinski definition) is 1. The zero-order chi connectivity index (χ0) is 22.1. The molecular formula is C23H21BrClN5OS. The molecule has 5 rings (SSSR count). The summed E-state index contributed by atoms with van der Waals surface area (Å²) in [6.45, 7) is 2.31. The molecule has 6 nitrogen and oxygen atoms in total. The second-order valence-corrected chi connectivity index (χ2v) is 10.1. The number of carbonyl (C=O) groups excluding carboxylic acids is 1. The molecule has 0 aliphatic carbocycles. The Hall–Kier alpha value is -2.42. The van der Waals surface area contributed by atoms with Crippen LogP contribution in [0.2, 0.25) is 5.02 Å². The molecule has 4 aromatic rings. The molecule has 1 N–H and O–H groups in total. The van der Waals surface area contributed by atoms with E-state index in [-0.39, 0.29) is 5.91 Å². The van der Waals surface area contributed by atoms with Gasteiger partial charge < -0.3 is 10.2 Å². The Kier molecular flexibility index (Phi) is 6.17. The highest BCUT2D eigenvalue weighted by atomic mass is 79.9. The first-order valence-corrected chi connectivity index (χ1v) is 12.5. The number of nitrogens with one attached hydrogen (secondary N) is 1. The molecule has 1 aliphatic heterocycles. The fraction of sp³-hybridized carbons (Fsp3) is 0.261. The number of piperidine rings is 1. The maximum Gasteiger partial charge on any atom is 0.263 e. The van der Waals surface area contributed by atoms with Crippen LogP contribution in [0.4, 0.5) is 5.82 Å². The van der Waals surface area contributed by atoms with Crippen LogP contribution in [0.1, 0.15) is 22.5 Å². The van der Waals surface area contributed by atoms with E-state index in [1.54, 1.807) is 10.7 Å². The van der Waals surface area contributed by atoms with Crippen molar-refractivity contribution in [3.8, 4) is 11.3 Å². The van der Waals surface area contributed by atoms with Crippen LogP contribution < -0.4 is 5.32 Å². The highest BCUT2D eigenvalue weighted by Gasteiger charge is 2.25. The highest BCUT2D eigenvalue weighted by molar-refractivity contribution is 9.10. The third-order valence-electron chi connectivity index (χ3n) is 5.69. The zero-order valence-corrected chi connectivity index (χ0v) is 20.3. The lowest BCUT2D eigenvalue weighted by molar-refractivity contribution is 0.0685. The lowest BCUT2D eigenvalue weighted by Gasteiger charge is -2.32. The molecule has 164 valence electrons. The molecule has 0 spiro atoms. The van der Waals surface area contributed by atoms with Crippen molar-refractivity contribution in [1.82, 2.24) is 19.5 Å². The smallest absolute Gasteiger partial charge is 0.263 e. The van der Waals surface area contributed by atoms with Crippen molar-refractivity contribution in [2.75, 3.05) is 25.0 Å². The van der Waals surface area contributed by atoms with Gasteiger partial charge in [0, 0.05) is 36.3 Å². The van der Waals surface area contributed by atoms with Crippen molar-refractivity contribution in [2.24, 2.45) is 5.92 Å². The van der Waals surface area contributed by atoms with Crippen molar-refractivity contribution in [3.63, 3.8) is 0 Å². The van der Waals surface area contributed by atoms with E-state index in [1.807, 2.05) is 52.7 Å². The van der Waals surface area contributed by atoms with Gasteiger partial charge in [-0.05, 0) is 52.2 Å². The largest absolute Gasteiger partial charge is 0.370 e. The minimum atomic E-state index is 0.132. The topological polar surface area (TPSA) is 62.5 Å². The number of thiophene rings is 1. The van der Waals surface area contributed by atoms with E-state index in [0.717, 1.165) is 64.5 Å². The van der Waals surface area contributed by atoms with Crippen molar-refractivity contribution in [2.45, 2.75) is 12.8 Å². The van der Waals surface area contributed by atoms with Gasteiger partial charge in [-0.15, -0.1) is 11.3 Å². The van der Waals surface area contributed by atoms with E-state index < -0.39 is 0 Å². The number of anilines is 1. The minimum Gasteiger partial charge on any atom is -0.370 e. The van der Waals surface area contributed by atoms with Gasteiger partial charge in [0.05, 0.1) is 21.2 Å². The lowest BCUT2D eigenvalue weighted by atomic mass is 9.98. The number of fused-ring (bicyclic) bond motifs is 1. The van der Waals surface area contributed by atoms with Gasteiger partial charge >= 0.3 is 0 Å². The average molecular weight is 531 g/mol. The van der Waals surface area contributed by atoms with E-state index in [0.29, 0.717) is 10.9 Å². The van der Waals surface area contributed by atoms with Crippen LogP contribution in [-0.2, 0) is 0 Å². The first-order valence-electron chi connectivity index (χ1n) is 10.5. The number of halogens is 2. The second kappa shape index (κ2) is 9.21. The van der Waals surface area contributed by atoms with Crippen molar-refractivity contribution in [3.05, 3.63) is 68.4 Å². The number of benzene rings is 1. The van der Waals surface area contributed by atoms with Crippen LogP contribution in [-0.4, -0.2) is 45.0 Å². The Bertz CT molecular complexity index is 1260. The molecule has 1 aromatic carbocycles. The molecule has 32 heavy (non-hydrogen) atoms. The number of aromatic nitrogens is 3. The monoisotopic (exact) mass is 529 g/mol. The SMILES string of the molecule is O=C(c1cccs1)N1CCCC(CNc2cc(-c3ccccc3Cl)nc3c(Br)cnn23)C1. The molecule has 1 fully saturated rings. The molecule has 0 saturated carbocycles. The van der Waals surface area contributed by atoms with E-state index in [2.05, 4.69) is 26.3 Å². The minimum absolute atomic E-state index is 0.132. The summed E-state index contributed by atoms with van der Waals surface area (Å²) in [4.78, 5) is 20.3.